The smallest absolute Gasteiger partial charge is 0.137 e. The third-order valence-electron chi connectivity index (χ3n) is 3.53. The third-order valence-corrected chi connectivity index (χ3v) is 3.53. The molecule has 2 aromatic heterocycles. The summed E-state index contributed by atoms with van der Waals surface area (Å²) in [5.74, 6) is 0.583. The van der Waals surface area contributed by atoms with Crippen molar-refractivity contribution in [1.29, 1.82) is 0 Å². The number of aromatic nitrogens is 2. The molecule has 4 nitrogen and oxygen atoms in total. The van der Waals surface area contributed by atoms with Gasteiger partial charge in [-0.2, -0.15) is 0 Å². The van der Waals surface area contributed by atoms with E-state index in [1.54, 1.807) is 0 Å². The summed E-state index contributed by atoms with van der Waals surface area (Å²) in [5, 5.41) is 13.7. The van der Waals surface area contributed by atoms with E-state index in [2.05, 4.69) is 27.5 Å². The van der Waals surface area contributed by atoms with Crippen molar-refractivity contribution in [1.82, 2.24) is 15.3 Å². The van der Waals surface area contributed by atoms with Gasteiger partial charge < -0.3 is 15.4 Å². The molecule has 90 valence electrons. The van der Waals surface area contributed by atoms with Crippen molar-refractivity contribution in [2.45, 2.75) is 25.4 Å². The lowest BCUT2D eigenvalue weighted by Crippen LogP contribution is -2.28. The van der Waals surface area contributed by atoms with Crippen LogP contribution in [0.25, 0.3) is 11.0 Å². The largest absolute Gasteiger partial charge is 0.390 e. The molecule has 17 heavy (non-hydrogen) atoms. The predicted octanol–water partition coefficient (Wildman–Crippen LogP) is 1.52. The summed E-state index contributed by atoms with van der Waals surface area (Å²) in [6.45, 7) is 2.18. The van der Waals surface area contributed by atoms with Crippen LogP contribution in [0, 0.1) is 0 Å². The van der Waals surface area contributed by atoms with E-state index in [0.29, 0.717) is 11.6 Å². The molecular formula is C13H17N3O. The Bertz CT molecular complexity index is 514. The van der Waals surface area contributed by atoms with Crippen LogP contribution < -0.4 is 5.32 Å². The zero-order valence-corrected chi connectivity index (χ0v) is 9.74. The van der Waals surface area contributed by atoms with Gasteiger partial charge in [-0.1, -0.05) is 0 Å². The number of pyridine rings is 1. The van der Waals surface area contributed by atoms with Gasteiger partial charge >= 0.3 is 0 Å². The Morgan fingerprint density at radius 3 is 3.12 bits per heavy atom. The first-order valence-corrected chi connectivity index (χ1v) is 6.17. The van der Waals surface area contributed by atoms with Crippen molar-refractivity contribution in [3.63, 3.8) is 0 Å². The van der Waals surface area contributed by atoms with Gasteiger partial charge in [-0.3, -0.25) is 0 Å². The molecule has 1 fully saturated rings. The maximum absolute atomic E-state index is 9.07. The summed E-state index contributed by atoms with van der Waals surface area (Å²) in [5.41, 5.74) is 2.95. The van der Waals surface area contributed by atoms with Crippen LogP contribution in [0.4, 0.5) is 0 Å². The number of hydrogen-bond donors (Lipinski definition) is 3. The molecule has 4 heteroatoms. The topological polar surface area (TPSA) is 60.9 Å². The van der Waals surface area contributed by atoms with Crippen LogP contribution in [0.2, 0.25) is 0 Å². The maximum Gasteiger partial charge on any atom is 0.137 e. The standard InChI is InChI=1S/C13H17N3O/c17-8-10-3-4-11-12(7-15-13(11)16-10)9-2-1-5-14-6-9/h3-4,7,9,14,17H,1-2,5-6,8H2,(H,15,16)/t9-/m0/s1. The molecule has 0 spiro atoms. The Balaban J connectivity index is 1.99. The van der Waals surface area contributed by atoms with Gasteiger partial charge in [-0.05, 0) is 43.0 Å². The van der Waals surface area contributed by atoms with Gasteiger partial charge in [-0.15, -0.1) is 0 Å². The molecule has 1 saturated heterocycles. The van der Waals surface area contributed by atoms with Crippen molar-refractivity contribution < 1.29 is 5.11 Å². The molecular weight excluding hydrogens is 214 g/mol. The van der Waals surface area contributed by atoms with Gasteiger partial charge in [0.05, 0.1) is 12.3 Å². The fourth-order valence-electron chi connectivity index (χ4n) is 2.61. The van der Waals surface area contributed by atoms with Crippen LogP contribution in [-0.4, -0.2) is 28.2 Å². The molecule has 1 atom stereocenters. The highest BCUT2D eigenvalue weighted by Gasteiger charge is 2.18. The molecule has 2 aromatic rings. The van der Waals surface area contributed by atoms with E-state index in [0.717, 1.165) is 18.7 Å². The Morgan fingerprint density at radius 1 is 1.41 bits per heavy atom. The summed E-state index contributed by atoms with van der Waals surface area (Å²) < 4.78 is 0. The first-order chi connectivity index (χ1) is 8.38. The van der Waals surface area contributed by atoms with Gasteiger partial charge in [0.2, 0.25) is 0 Å². The van der Waals surface area contributed by atoms with E-state index < -0.39 is 0 Å². The zero-order chi connectivity index (χ0) is 11.7. The van der Waals surface area contributed by atoms with E-state index in [9.17, 15) is 0 Å². The number of piperidine rings is 1. The minimum atomic E-state index is -0.00469. The maximum atomic E-state index is 9.07. The van der Waals surface area contributed by atoms with Crippen LogP contribution in [0.3, 0.4) is 0 Å². The number of aliphatic hydroxyl groups excluding tert-OH is 1. The highest BCUT2D eigenvalue weighted by atomic mass is 16.3. The lowest BCUT2D eigenvalue weighted by Gasteiger charge is -2.22. The SMILES string of the molecule is OCc1ccc2c([C@H]3CCCNC3)c[nH]c2n1. The molecule has 0 bridgehead atoms. The first kappa shape index (κ1) is 10.7. The second-order valence-electron chi connectivity index (χ2n) is 4.64. The molecule has 0 aromatic carbocycles. The van der Waals surface area contributed by atoms with E-state index in [1.807, 2.05) is 6.07 Å². The Labute approximate surface area is 100 Å². The molecule has 3 rings (SSSR count). The van der Waals surface area contributed by atoms with Crippen LogP contribution in [0.5, 0.6) is 0 Å². The molecule has 1 aliphatic heterocycles. The van der Waals surface area contributed by atoms with Crippen molar-refractivity contribution in [2.75, 3.05) is 13.1 Å². The Hall–Kier alpha value is -1.39. The molecule has 0 radical (unpaired) electrons. The van der Waals surface area contributed by atoms with Gasteiger partial charge in [0.1, 0.15) is 5.65 Å². The molecule has 0 saturated carbocycles. The number of nitrogens with one attached hydrogen (secondary N) is 2. The van der Waals surface area contributed by atoms with Gasteiger partial charge in [0, 0.05) is 18.1 Å². The zero-order valence-electron chi connectivity index (χ0n) is 9.74. The van der Waals surface area contributed by atoms with Gasteiger partial charge in [0.25, 0.3) is 0 Å². The first-order valence-electron chi connectivity index (χ1n) is 6.17. The normalized spacial score (nSPS) is 20.9. The van der Waals surface area contributed by atoms with Crippen molar-refractivity contribution in [3.05, 3.63) is 29.6 Å². The van der Waals surface area contributed by atoms with Crippen LogP contribution in [0.15, 0.2) is 18.3 Å². The number of H-pyrrole nitrogens is 1. The number of fused-ring (bicyclic) bond motifs is 1. The highest BCUT2D eigenvalue weighted by Crippen LogP contribution is 2.29. The van der Waals surface area contributed by atoms with Gasteiger partial charge in [0.15, 0.2) is 0 Å². The van der Waals surface area contributed by atoms with E-state index in [-0.39, 0.29) is 6.61 Å². The minimum Gasteiger partial charge on any atom is -0.390 e. The van der Waals surface area contributed by atoms with E-state index >= 15 is 0 Å². The second-order valence-corrected chi connectivity index (χ2v) is 4.64. The summed E-state index contributed by atoms with van der Waals surface area (Å²) in [6.07, 6.45) is 4.54. The lowest BCUT2D eigenvalue weighted by atomic mass is 9.92. The van der Waals surface area contributed by atoms with Crippen LogP contribution in [-0.2, 0) is 6.61 Å². The fourth-order valence-corrected chi connectivity index (χ4v) is 2.61. The third kappa shape index (κ3) is 1.94. The number of hydrogen-bond acceptors (Lipinski definition) is 3. The summed E-state index contributed by atoms with van der Waals surface area (Å²) in [4.78, 5) is 7.59. The molecule has 0 unspecified atom stereocenters. The number of rotatable bonds is 2. The monoisotopic (exact) mass is 231 g/mol. The van der Waals surface area contributed by atoms with E-state index in [4.69, 9.17) is 5.11 Å². The van der Waals surface area contributed by atoms with Crippen molar-refractivity contribution in [2.24, 2.45) is 0 Å². The quantitative estimate of drug-likeness (QED) is 0.734. The molecule has 1 aliphatic rings. The Kier molecular flexibility index (Phi) is 2.82. The molecule has 0 aliphatic carbocycles. The number of aromatic amines is 1. The average Bonchev–Trinajstić information content (AvgIpc) is 2.82. The minimum absolute atomic E-state index is 0.00469. The lowest BCUT2D eigenvalue weighted by molar-refractivity contribution is 0.277. The van der Waals surface area contributed by atoms with Crippen molar-refractivity contribution >= 4 is 11.0 Å². The summed E-state index contributed by atoms with van der Waals surface area (Å²) in [6, 6.07) is 3.96. The predicted molar refractivity (Wildman–Crippen MR) is 66.9 cm³/mol. The molecule has 3 heterocycles. The average molecular weight is 231 g/mol. The van der Waals surface area contributed by atoms with Crippen molar-refractivity contribution in [3.8, 4) is 0 Å². The van der Waals surface area contributed by atoms with Crippen LogP contribution in [0.1, 0.15) is 30.0 Å². The van der Waals surface area contributed by atoms with Crippen LogP contribution >= 0.6 is 0 Å². The Morgan fingerprint density at radius 2 is 2.35 bits per heavy atom. The highest BCUT2D eigenvalue weighted by molar-refractivity contribution is 5.80. The van der Waals surface area contributed by atoms with E-state index in [1.165, 1.54) is 23.8 Å². The number of aliphatic hydroxyl groups is 1. The van der Waals surface area contributed by atoms with Gasteiger partial charge in [-0.25, -0.2) is 4.98 Å². The second kappa shape index (κ2) is 4.47. The fraction of sp³-hybridized carbons (Fsp3) is 0.462. The molecule has 0 amide bonds. The number of nitrogens with zero attached hydrogens (tertiary/aromatic N) is 1. The molecule has 3 N–H and O–H groups in total. The summed E-state index contributed by atoms with van der Waals surface area (Å²) >= 11 is 0. The summed E-state index contributed by atoms with van der Waals surface area (Å²) in [7, 11) is 0.